The Kier molecular flexibility index (Phi) is 6.74. The van der Waals surface area contributed by atoms with Crippen LogP contribution in [0.1, 0.15) is 39.5 Å². The number of piperidine rings is 1. The van der Waals surface area contributed by atoms with Gasteiger partial charge in [0.1, 0.15) is 0 Å². The summed E-state index contributed by atoms with van der Waals surface area (Å²) in [6.07, 6.45) is 7.12. The van der Waals surface area contributed by atoms with Crippen molar-refractivity contribution in [3.05, 3.63) is 12.7 Å². The van der Waals surface area contributed by atoms with Crippen LogP contribution < -0.4 is 5.32 Å². The van der Waals surface area contributed by atoms with Crippen LogP contribution >= 0.6 is 0 Å². The molecule has 1 saturated heterocycles. The van der Waals surface area contributed by atoms with Crippen LogP contribution in [0.15, 0.2) is 12.7 Å². The second-order valence-corrected chi connectivity index (χ2v) is 5.02. The van der Waals surface area contributed by atoms with Crippen molar-refractivity contribution >= 4 is 0 Å². The van der Waals surface area contributed by atoms with Crippen molar-refractivity contribution in [3.63, 3.8) is 0 Å². The summed E-state index contributed by atoms with van der Waals surface area (Å²) in [5.41, 5.74) is 0. The van der Waals surface area contributed by atoms with Gasteiger partial charge < -0.3 is 10.2 Å². The molecule has 0 aromatic carbocycles. The Bertz CT molecular complexity index is 189. The Morgan fingerprint density at radius 3 is 3.06 bits per heavy atom. The third-order valence-electron chi connectivity index (χ3n) is 3.60. The fraction of sp³-hybridized carbons (Fsp3) is 0.857. The molecule has 0 saturated carbocycles. The molecule has 1 fully saturated rings. The van der Waals surface area contributed by atoms with Gasteiger partial charge in [-0.05, 0) is 58.2 Å². The summed E-state index contributed by atoms with van der Waals surface area (Å²) in [7, 11) is 0. The Morgan fingerprint density at radius 2 is 2.38 bits per heavy atom. The van der Waals surface area contributed by atoms with E-state index in [2.05, 4.69) is 30.6 Å². The molecule has 0 aliphatic carbocycles. The Labute approximate surface area is 101 Å². The lowest BCUT2D eigenvalue weighted by Crippen LogP contribution is -2.44. The van der Waals surface area contributed by atoms with E-state index in [9.17, 15) is 0 Å². The minimum absolute atomic E-state index is 0.652. The monoisotopic (exact) mass is 224 g/mol. The van der Waals surface area contributed by atoms with E-state index in [1.54, 1.807) is 0 Å². The molecule has 0 aromatic heterocycles. The van der Waals surface area contributed by atoms with E-state index in [-0.39, 0.29) is 0 Å². The normalized spacial score (nSPS) is 24.2. The van der Waals surface area contributed by atoms with E-state index in [0.29, 0.717) is 6.04 Å². The van der Waals surface area contributed by atoms with E-state index < -0.39 is 0 Å². The van der Waals surface area contributed by atoms with Crippen molar-refractivity contribution in [3.8, 4) is 0 Å². The molecule has 0 amide bonds. The highest BCUT2D eigenvalue weighted by atomic mass is 15.1. The zero-order valence-corrected chi connectivity index (χ0v) is 11.0. The predicted octanol–water partition coefficient (Wildman–Crippen LogP) is 2.66. The van der Waals surface area contributed by atoms with Crippen LogP contribution in [0.25, 0.3) is 0 Å². The molecule has 1 aliphatic rings. The van der Waals surface area contributed by atoms with E-state index in [0.717, 1.165) is 18.9 Å². The van der Waals surface area contributed by atoms with Gasteiger partial charge in [-0.3, -0.25) is 0 Å². The SMILES string of the molecule is C=CCCNC(C)C1CCCN(CCC)C1. The van der Waals surface area contributed by atoms with Crippen molar-refractivity contribution in [2.24, 2.45) is 5.92 Å². The van der Waals surface area contributed by atoms with E-state index in [1.807, 2.05) is 6.08 Å². The molecular formula is C14H28N2. The number of nitrogens with zero attached hydrogens (tertiary/aromatic N) is 1. The van der Waals surface area contributed by atoms with Crippen molar-refractivity contribution in [2.45, 2.75) is 45.6 Å². The first-order valence-corrected chi connectivity index (χ1v) is 6.84. The van der Waals surface area contributed by atoms with Crippen molar-refractivity contribution in [1.29, 1.82) is 0 Å². The molecule has 0 radical (unpaired) electrons. The molecule has 16 heavy (non-hydrogen) atoms. The lowest BCUT2D eigenvalue weighted by atomic mass is 9.91. The van der Waals surface area contributed by atoms with E-state index in [4.69, 9.17) is 0 Å². The number of nitrogens with one attached hydrogen (secondary N) is 1. The second kappa shape index (κ2) is 7.86. The van der Waals surface area contributed by atoms with Gasteiger partial charge in [0.15, 0.2) is 0 Å². The van der Waals surface area contributed by atoms with Gasteiger partial charge in [0.25, 0.3) is 0 Å². The van der Waals surface area contributed by atoms with Gasteiger partial charge in [0.05, 0.1) is 0 Å². The summed E-state index contributed by atoms with van der Waals surface area (Å²) in [6, 6.07) is 0.652. The van der Waals surface area contributed by atoms with Gasteiger partial charge in [0, 0.05) is 12.6 Å². The highest BCUT2D eigenvalue weighted by molar-refractivity contribution is 4.81. The molecular weight excluding hydrogens is 196 g/mol. The Morgan fingerprint density at radius 1 is 1.56 bits per heavy atom. The second-order valence-electron chi connectivity index (χ2n) is 5.02. The van der Waals surface area contributed by atoms with Crippen LogP contribution in [0.3, 0.4) is 0 Å². The third-order valence-corrected chi connectivity index (χ3v) is 3.60. The first-order valence-electron chi connectivity index (χ1n) is 6.84. The maximum Gasteiger partial charge on any atom is 0.00793 e. The average Bonchev–Trinajstić information content (AvgIpc) is 2.30. The van der Waals surface area contributed by atoms with Crippen LogP contribution in [0, 0.1) is 5.92 Å². The quantitative estimate of drug-likeness (QED) is 0.528. The molecule has 1 heterocycles. The maximum atomic E-state index is 3.76. The summed E-state index contributed by atoms with van der Waals surface area (Å²) in [5, 5.41) is 3.62. The summed E-state index contributed by atoms with van der Waals surface area (Å²) in [5.74, 6) is 0.838. The van der Waals surface area contributed by atoms with Gasteiger partial charge in [-0.25, -0.2) is 0 Å². The minimum Gasteiger partial charge on any atom is -0.314 e. The lowest BCUT2D eigenvalue weighted by molar-refractivity contribution is 0.151. The largest absolute Gasteiger partial charge is 0.314 e. The number of hydrogen-bond acceptors (Lipinski definition) is 2. The molecule has 0 bridgehead atoms. The molecule has 1 N–H and O–H groups in total. The van der Waals surface area contributed by atoms with Crippen LogP contribution in [-0.4, -0.2) is 37.1 Å². The fourth-order valence-electron chi connectivity index (χ4n) is 2.60. The summed E-state index contributed by atoms with van der Waals surface area (Å²) in [4.78, 5) is 2.62. The Balaban J connectivity index is 2.25. The summed E-state index contributed by atoms with van der Waals surface area (Å²) in [6.45, 7) is 13.3. The Hall–Kier alpha value is -0.340. The van der Waals surface area contributed by atoms with Gasteiger partial charge in [0.2, 0.25) is 0 Å². The van der Waals surface area contributed by atoms with Gasteiger partial charge in [-0.1, -0.05) is 13.0 Å². The third kappa shape index (κ3) is 4.67. The van der Waals surface area contributed by atoms with Gasteiger partial charge in [-0.2, -0.15) is 0 Å². The predicted molar refractivity (Wildman–Crippen MR) is 71.7 cm³/mol. The smallest absolute Gasteiger partial charge is 0.00793 e. The highest BCUT2D eigenvalue weighted by Crippen LogP contribution is 2.19. The zero-order chi connectivity index (χ0) is 11.8. The molecule has 2 unspecified atom stereocenters. The minimum atomic E-state index is 0.652. The van der Waals surface area contributed by atoms with Gasteiger partial charge in [-0.15, -0.1) is 6.58 Å². The van der Waals surface area contributed by atoms with Gasteiger partial charge >= 0.3 is 0 Å². The van der Waals surface area contributed by atoms with Crippen LogP contribution in [-0.2, 0) is 0 Å². The lowest BCUT2D eigenvalue weighted by Gasteiger charge is -2.36. The highest BCUT2D eigenvalue weighted by Gasteiger charge is 2.23. The first kappa shape index (κ1) is 13.7. The number of rotatable bonds is 7. The fourth-order valence-corrected chi connectivity index (χ4v) is 2.60. The number of likely N-dealkylation sites (tertiary alicyclic amines) is 1. The molecule has 1 rings (SSSR count). The van der Waals surface area contributed by atoms with Crippen molar-refractivity contribution < 1.29 is 0 Å². The van der Waals surface area contributed by atoms with Crippen LogP contribution in [0.2, 0.25) is 0 Å². The molecule has 2 atom stereocenters. The standard InChI is InChI=1S/C14H28N2/c1-4-6-9-15-13(3)14-8-7-11-16(12-14)10-5-2/h4,13-15H,1,5-12H2,2-3H3. The summed E-state index contributed by atoms with van der Waals surface area (Å²) < 4.78 is 0. The van der Waals surface area contributed by atoms with E-state index >= 15 is 0 Å². The van der Waals surface area contributed by atoms with Crippen molar-refractivity contribution in [2.75, 3.05) is 26.2 Å². The first-order chi connectivity index (χ1) is 7.77. The maximum absolute atomic E-state index is 3.76. The zero-order valence-electron chi connectivity index (χ0n) is 11.0. The van der Waals surface area contributed by atoms with Crippen molar-refractivity contribution in [1.82, 2.24) is 10.2 Å². The van der Waals surface area contributed by atoms with Crippen LogP contribution in [0.4, 0.5) is 0 Å². The van der Waals surface area contributed by atoms with Crippen LogP contribution in [0.5, 0.6) is 0 Å². The number of hydrogen-bond donors (Lipinski definition) is 1. The topological polar surface area (TPSA) is 15.3 Å². The molecule has 1 aliphatic heterocycles. The molecule has 0 aromatic rings. The van der Waals surface area contributed by atoms with E-state index in [1.165, 1.54) is 38.9 Å². The molecule has 0 spiro atoms. The molecule has 2 heteroatoms. The molecule has 2 nitrogen and oxygen atoms in total. The average molecular weight is 224 g/mol. The summed E-state index contributed by atoms with van der Waals surface area (Å²) >= 11 is 0. The molecule has 94 valence electrons.